The van der Waals surface area contributed by atoms with E-state index in [1.165, 1.54) is 24.5 Å². The van der Waals surface area contributed by atoms with E-state index in [1.807, 2.05) is 20.8 Å². The summed E-state index contributed by atoms with van der Waals surface area (Å²) in [6.07, 6.45) is -3.28. The molecule has 4 rings (SSSR count). The van der Waals surface area contributed by atoms with E-state index >= 15 is 0 Å². The van der Waals surface area contributed by atoms with Crippen LogP contribution in [0, 0.1) is 0 Å². The van der Waals surface area contributed by atoms with Gasteiger partial charge in [0, 0.05) is 28.9 Å². The molecule has 0 aliphatic heterocycles. The van der Waals surface area contributed by atoms with Crippen LogP contribution in [0.2, 0.25) is 0 Å². The van der Waals surface area contributed by atoms with Gasteiger partial charge in [-0.3, -0.25) is 9.88 Å². The maximum Gasteiger partial charge on any atom is 0.573 e. The number of carbonyl (C=O) groups is 1. The van der Waals surface area contributed by atoms with Crippen LogP contribution >= 0.6 is 0 Å². The number of halogens is 3. The van der Waals surface area contributed by atoms with Gasteiger partial charge in [-0.25, -0.2) is 9.78 Å². The maximum atomic E-state index is 12.4. The Bertz CT molecular complexity index is 1290. The summed E-state index contributed by atoms with van der Waals surface area (Å²) in [5.41, 5.74) is 1.95. The molecule has 0 fully saturated rings. The molecular formula is C22H20F3N5O3. The van der Waals surface area contributed by atoms with Gasteiger partial charge in [-0.2, -0.15) is 0 Å². The van der Waals surface area contributed by atoms with Gasteiger partial charge in [-0.05, 0) is 36.4 Å². The molecule has 33 heavy (non-hydrogen) atoms. The van der Waals surface area contributed by atoms with Gasteiger partial charge in [0.2, 0.25) is 0 Å². The fraction of sp³-hybridized carbons (Fsp3) is 0.227. The van der Waals surface area contributed by atoms with Gasteiger partial charge in [0.25, 0.3) is 0 Å². The smallest absolute Gasteiger partial charge is 0.406 e. The van der Waals surface area contributed by atoms with Gasteiger partial charge in [0.15, 0.2) is 5.82 Å². The second-order valence-corrected chi connectivity index (χ2v) is 8.27. The number of nitrogens with one attached hydrogen (secondary N) is 2. The van der Waals surface area contributed by atoms with E-state index in [2.05, 4.69) is 25.5 Å². The molecule has 2 amide bonds. The number of aromatic nitrogens is 3. The Hall–Kier alpha value is -4.02. The first kappa shape index (κ1) is 22.2. The number of rotatable bonds is 4. The van der Waals surface area contributed by atoms with Crippen molar-refractivity contribution in [3.8, 4) is 11.4 Å². The molecule has 0 spiro atoms. The van der Waals surface area contributed by atoms with Crippen LogP contribution < -0.4 is 15.4 Å². The molecule has 0 aliphatic rings. The molecule has 0 atom stereocenters. The average molecular weight is 459 g/mol. The zero-order chi connectivity index (χ0) is 23.8. The van der Waals surface area contributed by atoms with Crippen molar-refractivity contribution < 1.29 is 27.2 Å². The van der Waals surface area contributed by atoms with Crippen LogP contribution in [0.4, 0.5) is 29.5 Å². The quantitative estimate of drug-likeness (QED) is 0.399. The Balaban J connectivity index is 1.44. The van der Waals surface area contributed by atoms with E-state index in [-0.39, 0.29) is 11.2 Å². The standard InChI is InChI=1S/C22H20F3N5O3/c1-21(2,3)18-11-19(29-33-18)28-20(31)27-13-4-6-14(7-5-13)30-12-26-16-10-15(8-9-17(16)30)32-22(23,24)25/h4-12H,1-3H3,(H2,27,28,29,31). The third kappa shape index (κ3) is 5.25. The number of carbonyl (C=O) groups excluding carboxylic acids is 1. The number of fused-ring (bicyclic) bond motifs is 1. The van der Waals surface area contributed by atoms with Crippen molar-refractivity contribution in [1.29, 1.82) is 0 Å². The number of imidazole rings is 1. The largest absolute Gasteiger partial charge is 0.573 e. The van der Waals surface area contributed by atoms with Crippen molar-refractivity contribution >= 4 is 28.6 Å². The molecule has 0 aliphatic carbocycles. The highest BCUT2D eigenvalue weighted by Gasteiger charge is 2.31. The summed E-state index contributed by atoms with van der Waals surface area (Å²) in [6, 6.07) is 12.0. The van der Waals surface area contributed by atoms with Gasteiger partial charge >= 0.3 is 12.4 Å². The summed E-state index contributed by atoms with van der Waals surface area (Å²) < 4.78 is 48.1. The molecular weight excluding hydrogens is 439 g/mol. The van der Waals surface area contributed by atoms with Gasteiger partial charge in [-0.15, -0.1) is 13.2 Å². The second-order valence-electron chi connectivity index (χ2n) is 8.27. The van der Waals surface area contributed by atoms with Crippen molar-refractivity contribution in [1.82, 2.24) is 14.7 Å². The van der Waals surface area contributed by atoms with Crippen LogP contribution in [0.5, 0.6) is 5.75 Å². The number of hydrogen-bond acceptors (Lipinski definition) is 5. The monoisotopic (exact) mass is 459 g/mol. The lowest BCUT2D eigenvalue weighted by molar-refractivity contribution is -0.274. The zero-order valence-corrected chi connectivity index (χ0v) is 17.9. The summed E-state index contributed by atoms with van der Waals surface area (Å²) in [6.45, 7) is 5.91. The van der Waals surface area contributed by atoms with Gasteiger partial charge in [-0.1, -0.05) is 25.9 Å². The van der Waals surface area contributed by atoms with Crippen LogP contribution in [0.1, 0.15) is 26.5 Å². The van der Waals surface area contributed by atoms with Crippen molar-refractivity contribution in [3.63, 3.8) is 0 Å². The van der Waals surface area contributed by atoms with Crippen molar-refractivity contribution in [2.75, 3.05) is 10.6 Å². The average Bonchev–Trinajstić information content (AvgIpc) is 3.34. The number of hydrogen-bond donors (Lipinski definition) is 2. The van der Waals surface area contributed by atoms with Crippen molar-refractivity contribution in [2.24, 2.45) is 0 Å². The summed E-state index contributed by atoms with van der Waals surface area (Å²) in [7, 11) is 0. The summed E-state index contributed by atoms with van der Waals surface area (Å²) in [5, 5.41) is 9.14. The topological polar surface area (TPSA) is 94.2 Å². The Morgan fingerprint density at radius 3 is 2.39 bits per heavy atom. The highest BCUT2D eigenvalue weighted by atomic mass is 19.4. The first-order chi connectivity index (χ1) is 15.5. The number of amides is 2. The van der Waals surface area contributed by atoms with Crippen LogP contribution in [0.3, 0.4) is 0 Å². The molecule has 0 unspecified atom stereocenters. The van der Waals surface area contributed by atoms with E-state index in [1.54, 1.807) is 34.9 Å². The third-order valence-corrected chi connectivity index (χ3v) is 4.65. The van der Waals surface area contributed by atoms with Crippen LogP contribution in [0.25, 0.3) is 16.7 Å². The van der Waals surface area contributed by atoms with Crippen molar-refractivity contribution in [3.05, 3.63) is 60.6 Å². The normalized spacial score (nSPS) is 12.1. The highest BCUT2D eigenvalue weighted by Crippen LogP contribution is 2.28. The lowest BCUT2D eigenvalue weighted by atomic mass is 9.93. The number of nitrogens with zero attached hydrogens (tertiary/aromatic N) is 3. The zero-order valence-electron chi connectivity index (χ0n) is 17.9. The first-order valence-electron chi connectivity index (χ1n) is 9.86. The minimum Gasteiger partial charge on any atom is -0.406 e. The lowest BCUT2D eigenvalue weighted by Crippen LogP contribution is -2.19. The third-order valence-electron chi connectivity index (χ3n) is 4.65. The van der Waals surface area contributed by atoms with Crippen molar-refractivity contribution in [2.45, 2.75) is 32.5 Å². The van der Waals surface area contributed by atoms with E-state index in [0.29, 0.717) is 34.0 Å². The molecule has 0 bridgehead atoms. The van der Waals surface area contributed by atoms with E-state index in [0.717, 1.165) is 0 Å². The molecule has 2 N–H and O–H groups in total. The number of benzene rings is 2. The van der Waals surface area contributed by atoms with Gasteiger partial charge in [0.1, 0.15) is 17.8 Å². The molecule has 4 aromatic rings. The SMILES string of the molecule is CC(C)(C)c1cc(NC(=O)Nc2ccc(-n3cnc4cc(OC(F)(F)F)ccc43)cc2)no1. The molecule has 2 heterocycles. The van der Waals surface area contributed by atoms with Crippen LogP contribution in [-0.4, -0.2) is 27.1 Å². The predicted molar refractivity (Wildman–Crippen MR) is 116 cm³/mol. The van der Waals surface area contributed by atoms with E-state index < -0.39 is 12.4 Å². The maximum absolute atomic E-state index is 12.4. The number of urea groups is 1. The van der Waals surface area contributed by atoms with Gasteiger partial charge in [0.05, 0.1) is 11.0 Å². The summed E-state index contributed by atoms with van der Waals surface area (Å²) >= 11 is 0. The molecule has 2 aromatic carbocycles. The Morgan fingerprint density at radius 2 is 1.76 bits per heavy atom. The molecule has 11 heteroatoms. The van der Waals surface area contributed by atoms with Crippen LogP contribution in [0.15, 0.2) is 59.4 Å². The minimum atomic E-state index is -4.77. The Labute approximate surface area is 186 Å². The fourth-order valence-corrected chi connectivity index (χ4v) is 3.07. The molecule has 2 aromatic heterocycles. The van der Waals surface area contributed by atoms with E-state index in [9.17, 15) is 18.0 Å². The summed E-state index contributed by atoms with van der Waals surface area (Å²) in [4.78, 5) is 16.4. The highest BCUT2D eigenvalue weighted by molar-refractivity contribution is 5.99. The Kier molecular flexibility index (Phi) is 5.48. The molecule has 172 valence electrons. The number of alkyl halides is 3. The minimum absolute atomic E-state index is 0.232. The van der Waals surface area contributed by atoms with Crippen LogP contribution in [-0.2, 0) is 5.41 Å². The molecule has 0 saturated heterocycles. The molecule has 0 saturated carbocycles. The second kappa shape index (κ2) is 8.15. The summed E-state index contributed by atoms with van der Waals surface area (Å²) in [5.74, 6) is 0.604. The Morgan fingerprint density at radius 1 is 1.03 bits per heavy atom. The molecule has 0 radical (unpaired) electrons. The fourth-order valence-electron chi connectivity index (χ4n) is 3.07. The lowest BCUT2D eigenvalue weighted by Gasteiger charge is -2.12. The number of ether oxygens (including phenoxy) is 1. The first-order valence-corrected chi connectivity index (χ1v) is 9.86. The van der Waals surface area contributed by atoms with Gasteiger partial charge < -0.3 is 14.6 Å². The van der Waals surface area contributed by atoms with E-state index in [4.69, 9.17) is 4.52 Å². The predicted octanol–water partition coefficient (Wildman–Crippen LogP) is 5.85. The number of anilines is 2. The molecule has 8 nitrogen and oxygen atoms in total.